The third kappa shape index (κ3) is 2.61. The van der Waals surface area contributed by atoms with Crippen molar-refractivity contribution in [2.24, 2.45) is 0 Å². The highest BCUT2D eigenvalue weighted by Gasteiger charge is 2.14. The minimum absolute atomic E-state index is 0.0681. The molecule has 0 saturated heterocycles. The van der Waals surface area contributed by atoms with E-state index in [1.165, 1.54) is 6.20 Å². The van der Waals surface area contributed by atoms with Crippen LogP contribution in [0.1, 0.15) is 5.56 Å². The number of benzene rings is 1. The lowest BCUT2D eigenvalue weighted by Gasteiger charge is -2.05. The van der Waals surface area contributed by atoms with Crippen molar-refractivity contribution in [2.75, 3.05) is 0 Å². The van der Waals surface area contributed by atoms with Crippen LogP contribution in [0.5, 0.6) is 0 Å². The number of rotatable bonds is 2. The highest BCUT2D eigenvalue weighted by Crippen LogP contribution is 2.34. The molecule has 0 aliphatic carbocycles. The first-order valence-electron chi connectivity index (χ1n) is 4.79. The van der Waals surface area contributed by atoms with Gasteiger partial charge in [-0.1, -0.05) is 23.4 Å². The molecule has 0 atom stereocenters. The van der Waals surface area contributed by atoms with Crippen LogP contribution in [0, 0.1) is 23.0 Å². The average molecular weight is 283 g/mol. The van der Waals surface area contributed by atoms with Crippen molar-refractivity contribution in [2.45, 2.75) is 9.92 Å². The molecule has 1 aromatic heterocycles. The summed E-state index contributed by atoms with van der Waals surface area (Å²) in [5.74, 6) is -1.61. The summed E-state index contributed by atoms with van der Waals surface area (Å²) in [7, 11) is 0. The molecule has 2 nitrogen and oxygen atoms in total. The standard InChI is InChI=1S/C12H5ClF2N2S/c13-8-2-1-3-17-12(8)18-11-9(14)4-7(6-16)5-10(11)15/h1-5H. The molecule has 0 N–H and O–H groups in total. The van der Waals surface area contributed by atoms with Gasteiger partial charge in [-0.15, -0.1) is 0 Å². The number of hydrogen-bond donors (Lipinski definition) is 0. The van der Waals surface area contributed by atoms with Crippen molar-refractivity contribution in [3.05, 3.63) is 52.7 Å². The van der Waals surface area contributed by atoms with Gasteiger partial charge >= 0.3 is 0 Å². The minimum Gasteiger partial charge on any atom is -0.248 e. The zero-order chi connectivity index (χ0) is 13.1. The van der Waals surface area contributed by atoms with Gasteiger partial charge in [-0.05, 0) is 24.3 Å². The molecule has 0 amide bonds. The first kappa shape index (κ1) is 12.8. The van der Waals surface area contributed by atoms with E-state index in [1.807, 2.05) is 0 Å². The molecule has 1 aromatic carbocycles. The normalized spacial score (nSPS) is 10.1. The molecule has 1 heterocycles. The quantitative estimate of drug-likeness (QED) is 0.834. The molecule has 0 fully saturated rings. The van der Waals surface area contributed by atoms with Gasteiger partial charge in [-0.25, -0.2) is 13.8 Å². The van der Waals surface area contributed by atoms with Gasteiger partial charge in [0.1, 0.15) is 16.7 Å². The highest BCUT2D eigenvalue weighted by molar-refractivity contribution is 7.99. The third-order valence-corrected chi connectivity index (χ3v) is 3.58. The van der Waals surface area contributed by atoms with E-state index in [-0.39, 0.29) is 10.5 Å². The zero-order valence-electron chi connectivity index (χ0n) is 8.82. The second-order valence-corrected chi connectivity index (χ2v) is 4.68. The first-order valence-corrected chi connectivity index (χ1v) is 5.99. The van der Waals surface area contributed by atoms with E-state index in [4.69, 9.17) is 16.9 Å². The predicted molar refractivity (Wildman–Crippen MR) is 64.4 cm³/mol. The fraction of sp³-hybridized carbons (Fsp3) is 0. The van der Waals surface area contributed by atoms with Crippen LogP contribution in [0.25, 0.3) is 0 Å². The Labute approximate surface area is 111 Å². The first-order chi connectivity index (χ1) is 8.61. The Kier molecular flexibility index (Phi) is 3.80. The van der Waals surface area contributed by atoms with Crippen LogP contribution >= 0.6 is 23.4 Å². The number of halogens is 3. The predicted octanol–water partition coefficient (Wildman–Crippen LogP) is 4.04. The lowest BCUT2D eigenvalue weighted by molar-refractivity contribution is 0.539. The fourth-order valence-electron chi connectivity index (χ4n) is 1.26. The van der Waals surface area contributed by atoms with Crippen LogP contribution in [0.3, 0.4) is 0 Å². The number of nitriles is 1. The van der Waals surface area contributed by atoms with E-state index in [2.05, 4.69) is 4.98 Å². The molecule has 0 saturated carbocycles. The summed E-state index contributed by atoms with van der Waals surface area (Å²) in [6.07, 6.45) is 1.48. The topological polar surface area (TPSA) is 36.7 Å². The minimum atomic E-state index is -0.807. The van der Waals surface area contributed by atoms with Crippen LogP contribution in [0.15, 0.2) is 40.4 Å². The summed E-state index contributed by atoms with van der Waals surface area (Å²) >= 11 is 6.64. The monoisotopic (exact) mass is 282 g/mol. The van der Waals surface area contributed by atoms with Crippen LogP contribution in [-0.4, -0.2) is 4.98 Å². The highest BCUT2D eigenvalue weighted by atomic mass is 35.5. The van der Waals surface area contributed by atoms with Crippen molar-refractivity contribution >= 4 is 23.4 Å². The molecule has 6 heteroatoms. The maximum atomic E-state index is 13.6. The number of aromatic nitrogens is 1. The Balaban J connectivity index is 2.42. The summed E-state index contributed by atoms with van der Waals surface area (Å²) < 4.78 is 27.3. The lowest BCUT2D eigenvalue weighted by atomic mass is 10.2. The Hall–Kier alpha value is -1.64. The summed E-state index contributed by atoms with van der Waals surface area (Å²) in [5.41, 5.74) is -0.0681. The number of nitrogens with zero attached hydrogens (tertiary/aromatic N) is 2. The van der Waals surface area contributed by atoms with Crippen molar-refractivity contribution in [1.82, 2.24) is 4.98 Å². The van der Waals surface area contributed by atoms with E-state index < -0.39 is 11.6 Å². The zero-order valence-corrected chi connectivity index (χ0v) is 10.4. The summed E-state index contributed by atoms with van der Waals surface area (Å²) in [4.78, 5) is 3.70. The molecule has 0 radical (unpaired) electrons. The molecule has 18 heavy (non-hydrogen) atoms. The van der Waals surface area contributed by atoms with E-state index in [1.54, 1.807) is 18.2 Å². The molecule has 0 aliphatic heterocycles. The molecular weight excluding hydrogens is 278 g/mol. The average Bonchev–Trinajstić information content (AvgIpc) is 2.35. The summed E-state index contributed by atoms with van der Waals surface area (Å²) in [6.45, 7) is 0. The Bertz CT molecular complexity index is 617. The molecule has 0 bridgehead atoms. The molecule has 0 spiro atoms. The van der Waals surface area contributed by atoms with Crippen molar-refractivity contribution < 1.29 is 8.78 Å². The summed E-state index contributed by atoms with van der Waals surface area (Å²) in [6, 6.07) is 6.83. The van der Waals surface area contributed by atoms with E-state index >= 15 is 0 Å². The smallest absolute Gasteiger partial charge is 0.141 e. The SMILES string of the molecule is N#Cc1cc(F)c(Sc2ncccc2Cl)c(F)c1. The van der Waals surface area contributed by atoms with Gasteiger partial charge in [0.2, 0.25) is 0 Å². The van der Waals surface area contributed by atoms with E-state index in [0.717, 1.165) is 23.9 Å². The van der Waals surface area contributed by atoms with Gasteiger partial charge < -0.3 is 0 Å². The largest absolute Gasteiger partial charge is 0.248 e. The van der Waals surface area contributed by atoms with Crippen molar-refractivity contribution in [3.8, 4) is 6.07 Å². The van der Waals surface area contributed by atoms with Gasteiger partial charge in [-0.3, -0.25) is 0 Å². The van der Waals surface area contributed by atoms with Crippen molar-refractivity contribution in [1.29, 1.82) is 5.26 Å². The fourth-order valence-corrected chi connectivity index (χ4v) is 2.29. The van der Waals surface area contributed by atoms with E-state index in [9.17, 15) is 8.78 Å². The molecule has 0 unspecified atom stereocenters. The molecule has 2 rings (SSSR count). The van der Waals surface area contributed by atoms with Crippen molar-refractivity contribution in [3.63, 3.8) is 0 Å². The van der Waals surface area contributed by atoms with Crippen LogP contribution in [-0.2, 0) is 0 Å². The van der Waals surface area contributed by atoms with Crippen LogP contribution in [0.2, 0.25) is 5.02 Å². The lowest BCUT2D eigenvalue weighted by Crippen LogP contribution is -1.91. The second-order valence-electron chi connectivity index (χ2n) is 3.27. The number of hydrogen-bond acceptors (Lipinski definition) is 3. The van der Waals surface area contributed by atoms with Gasteiger partial charge in [0, 0.05) is 6.20 Å². The van der Waals surface area contributed by atoms with Crippen LogP contribution in [0.4, 0.5) is 8.78 Å². The molecule has 0 aliphatic rings. The Morgan fingerprint density at radius 2 is 1.94 bits per heavy atom. The van der Waals surface area contributed by atoms with Gasteiger partial charge in [0.05, 0.1) is 21.6 Å². The maximum Gasteiger partial charge on any atom is 0.141 e. The van der Waals surface area contributed by atoms with Crippen LogP contribution < -0.4 is 0 Å². The molecular formula is C12H5ClF2N2S. The van der Waals surface area contributed by atoms with Gasteiger partial charge in [0.25, 0.3) is 0 Å². The second kappa shape index (κ2) is 5.34. The van der Waals surface area contributed by atoms with E-state index in [0.29, 0.717) is 10.0 Å². The Morgan fingerprint density at radius 3 is 2.50 bits per heavy atom. The summed E-state index contributed by atoms with van der Waals surface area (Å²) in [5, 5.41) is 9.21. The van der Waals surface area contributed by atoms with Gasteiger partial charge in [0.15, 0.2) is 0 Å². The Morgan fingerprint density at radius 1 is 1.28 bits per heavy atom. The van der Waals surface area contributed by atoms with Gasteiger partial charge in [-0.2, -0.15) is 5.26 Å². The maximum absolute atomic E-state index is 13.6. The third-order valence-electron chi connectivity index (χ3n) is 2.05. The molecule has 90 valence electrons. The number of pyridine rings is 1. The molecule has 2 aromatic rings.